The standard InChI is InChI=1S/C14H8Cl2F2O/c15-10-5-4-8(6-12(10)18)7-13(19)9-2-1-3-11(17)14(9)16/h1-6H,7H2. The fourth-order valence-corrected chi connectivity index (χ4v) is 2.00. The zero-order chi connectivity index (χ0) is 14.0. The van der Waals surface area contributed by atoms with Gasteiger partial charge in [0.25, 0.3) is 0 Å². The molecule has 0 spiro atoms. The molecule has 0 N–H and O–H groups in total. The van der Waals surface area contributed by atoms with E-state index in [0.29, 0.717) is 5.56 Å². The van der Waals surface area contributed by atoms with Crippen LogP contribution in [0.25, 0.3) is 0 Å². The minimum absolute atomic E-state index is 0.0139. The number of halogens is 4. The van der Waals surface area contributed by atoms with Crippen molar-refractivity contribution in [1.29, 1.82) is 0 Å². The lowest BCUT2D eigenvalue weighted by molar-refractivity contribution is 0.0992. The lowest BCUT2D eigenvalue weighted by Gasteiger charge is -2.05. The van der Waals surface area contributed by atoms with Gasteiger partial charge in [-0.3, -0.25) is 4.79 Å². The summed E-state index contributed by atoms with van der Waals surface area (Å²) in [5, 5.41) is -0.234. The third-order valence-corrected chi connectivity index (χ3v) is 3.29. The molecule has 0 bridgehead atoms. The van der Waals surface area contributed by atoms with E-state index in [1.165, 1.54) is 36.4 Å². The Morgan fingerprint density at radius 1 is 1.05 bits per heavy atom. The summed E-state index contributed by atoms with van der Waals surface area (Å²) in [6.07, 6.45) is -0.0722. The number of Topliss-reactive ketones (excluding diaryl/α,β-unsaturated/α-hetero) is 1. The van der Waals surface area contributed by atoms with Crippen LogP contribution in [0.1, 0.15) is 15.9 Å². The first-order chi connectivity index (χ1) is 8.99. The molecule has 0 saturated carbocycles. The van der Waals surface area contributed by atoms with Gasteiger partial charge >= 0.3 is 0 Å². The predicted molar refractivity (Wildman–Crippen MR) is 70.9 cm³/mol. The second-order valence-electron chi connectivity index (χ2n) is 3.95. The van der Waals surface area contributed by atoms with Crippen molar-refractivity contribution in [3.63, 3.8) is 0 Å². The van der Waals surface area contributed by atoms with Gasteiger partial charge in [-0.1, -0.05) is 35.3 Å². The first-order valence-electron chi connectivity index (χ1n) is 5.40. The van der Waals surface area contributed by atoms with Crippen LogP contribution in [0.4, 0.5) is 8.78 Å². The van der Waals surface area contributed by atoms with Crippen molar-refractivity contribution in [3.05, 3.63) is 69.2 Å². The van der Waals surface area contributed by atoms with Crippen LogP contribution >= 0.6 is 23.2 Å². The second-order valence-corrected chi connectivity index (χ2v) is 4.73. The highest BCUT2D eigenvalue weighted by molar-refractivity contribution is 6.34. The van der Waals surface area contributed by atoms with E-state index in [-0.39, 0.29) is 27.8 Å². The summed E-state index contributed by atoms with van der Waals surface area (Å²) in [6, 6.07) is 8.08. The minimum atomic E-state index is -0.658. The Kier molecular flexibility index (Phi) is 4.17. The Morgan fingerprint density at radius 2 is 1.79 bits per heavy atom. The smallest absolute Gasteiger partial charge is 0.168 e. The van der Waals surface area contributed by atoms with Gasteiger partial charge in [0, 0.05) is 12.0 Å². The number of hydrogen-bond donors (Lipinski definition) is 0. The number of carbonyl (C=O) groups excluding carboxylic acids is 1. The van der Waals surface area contributed by atoms with Gasteiger partial charge in [-0.05, 0) is 29.8 Å². The minimum Gasteiger partial charge on any atom is -0.294 e. The van der Waals surface area contributed by atoms with Gasteiger partial charge in [-0.2, -0.15) is 0 Å². The Morgan fingerprint density at radius 3 is 2.47 bits per heavy atom. The molecule has 2 aromatic carbocycles. The Bertz CT molecular complexity index is 641. The van der Waals surface area contributed by atoms with Crippen molar-refractivity contribution in [2.75, 3.05) is 0 Å². The third kappa shape index (κ3) is 3.11. The van der Waals surface area contributed by atoms with Crippen molar-refractivity contribution in [3.8, 4) is 0 Å². The molecule has 0 aliphatic heterocycles. The molecule has 0 saturated heterocycles. The molecule has 2 rings (SSSR count). The summed E-state index contributed by atoms with van der Waals surface area (Å²) in [5.74, 6) is -1.64. The number of rotatable bonds is 3. The fraction of sp³-hybridized carbons (Fsp3) is 0.0714. The highest BCUT2D eigenvalue weighted by Gasteiger charge is 2.14. The van der Waals surface area contributed by atoms with Gasteiger partial charge in [0.05, 0.1) is 10.0 Å². The normalized spacial score (nSPS) is 10.5. The monoisotopic (exact) mass is 300 g/mol. The molecule has 0 aliphatic carbocycles. The summed E-state index contributed by atoms with van der Waals surface area (Å²) in [5.41, 5.74) is 0.532. The molecule has 0 fully saturated rings. The first-order valence-corrected chi connectivity index (χ1v) is 6.16. The molecule has 0 unspecified atom stereocenters. The van der Waals surface area contributed by atoms with E-state index in [1.54, 1.807) is 0 Å². The summed E-state index contributed by atoms with van der Waals surface area (Å²) >= 11 is 11.3. The van der Waals surface area contributed by atoms with Crippen LogP contribution in [0, 0.1) is 11.6 Å². The molecule has 0 atom stereocenters. The van der Waals surface area contributed by atoms with Crippen LogP contribution < -0.4 is 0 Å². The van der Waals surface area contributed by atoms with E-state index in [0.717, 1.165) is 0 Å². The highest BCUT2D eigenvalue weighted by atomic mass is 35.5. The quantitative estimate of drug-likeness (QED) is 0.751. The van der Waals surface area contributed by atoms with E-state index in [1.807, 2.05) is 0 Å². The van der Waals surface area contributed by atoms with Crippen LogP contribution in [-0.2, 0) is 6.42 Å². The fourth-order valence-electron chi connectivity index (χ4n) is 1.65. The molecule has 5 heteroatoms. The zero-order valence-electron chi connectivity index (χ0n) is 9.59. The lowest BCUT2D eigenvalue weighted by Crippen LogP contribution is -2.05. The van der Waals surface area contributed by atoms with E-state index >= 15 is 0 Å². The Balaban J connectivity index is 2.26. The second kappa shape index (κ2) is 5.68. The Labute approximate surface area is 118 Å². The van der Waals surface area contributed by atoms with Crippen LogP contribution in [0.15, 0.2) is 36.4 Å². The van der Waals surface area contributed by atoms with Crippen LogP contribution in [-0.4, -0.2) is 5.78 Å². The average molecular weight is 301 g/mol. The third-order valence-electron chi connectivity index (χ3n) is 2.60. The van der Waals surface area contributed by atoms with E-state index in [4.69, 9.17) is 23.2 Å². The maximum Gasteiger partial charge on any atom is 0.168 e. The molecule has 19 heavy (non-hydrogen) atoms. The molecule has 0 radical (unpaired) electrons. The van der Waals surface area contributed by atoms with Crippen LogP contribution in [0.5, 0.6) is 0 Å². The summed E-state index contributed by atoms with van der Waals surface area (Å²) in [6.45, 7) is 0. The molecule has 0 aliphatic rings. The van der Waals surface area contributed by atoms with E-state index < -0.39 is 11.6 Å². The molecule has 98 valence electrons. The van der Waals surface area contributed by atoms with Gasteiger partial charge in [0.2, 0.25) is 0 Å². The van der Waals surface area contributed by atoms with Crippen molar-refractivity contribution >= 4 is 29.0 Å². The molecule has 0 heterocycles. The summed E-state index contributed by atoms with van der Waals surface area (Å²) in [4.78, 5) is 12.0. The first kappa shape index (κ1) is 14.0. The Hall–Kier alpha value is -1.45. The van der Waals surface area contributed by atoms with E-state index in [9.17, 15) is 13.6 Å². The van der Waals surface area contributed by atoms with E-state index in [2.05, 4.69) is 0 Å². The van der Waals surface area contributed by atoms with Gasteiger partial charge < -0.3 is 0 Å². The molecule has 1 nitrogen and oxygen atoms in total. The van der Waals surface area contributed by atoms with Gasteiger partial charge in [-0.15, -0.1) is 0 Å². The molecular formula is C14H8Cl2F2O. The van der Waals surface area contributed by atoms with Crippen molar-refractivity contribution in [2.24, 2.45) is 0 Å². The molecule has 0 aromatic heterocycles. The van der Waals surface area contributed by atoms with Crippen LogP contribution in [0.2, 0.25) is 10.0 Å². The number of carbonyl (C=O) groups is 1. The largest absolute Gasteiger partial charge is 0.294 e. The topological polar surface area (TPSA) is 17.1 Å². The molecule has 2 aromatic rings. The van der Waals surface area contributed by atoms with Crippen LogP contribution in [0.3, 0.4) is 0 Å². The lowest BCUT2D eigenvalue weighted by atomic mass is 10.0. The number of ketones is 1. The summed E-state index contributed by atoms with van der Waals surface area (Å²) in [7, 11) is 0. The van der Waals surface area contributed by atoms with Gasteiger partial charge in [0.1, 0.15) is 11.6 Å². The molecular weight excluding hydrogens is 293 g/mol. The number of hydrogen-bond acceptors (Lipinski definition) is 1. The zero-order valence-corrected chi connectivity index (χ0v) is 11.1. The summed E-state index contributed by atoms with van der Waals surface area (Å²) < 4.78 is 26.5. The highest BCUT2D eigenvalue weighted by Crippen LogP contribution is 2.22. The van der Waals surface area contributed by atoms with Crippen molar-refractivity contribution in [2.45, 2.75) is 6.42 Å². The van der Waals surface area contributed by atoms with Gasteiger partial charge in [0.15, 0.2) is 5.78 Å². The average Bonchev–Trinajstić information content (AvgIpc) is 2.37. The van der Waals surface area contributed by atoms with Crippen molar-refractivity contribution in [1.82, 2.24) is 0 Å². The maximum atomic E-state index is 13.2. The van der Waals surface area contributed by atoms with Crippen molar-refractivity contribution < 1.29 is 13.6 Å². The predicted octanol–water partition coefficient (Wildman–Crippen LogP) is 4.70. The van der Waals surface area contributed by atoms with Gasteiger partial charge in [-0.25, -0.2) is 8.78 Å². The maximum absolute atomic E-state index is 13.2. The molecule has 0 amide bonds. The number of benzene rings is 2. The SMILES string of the molecule is O=C(Cc1ccc(Cl)c(F)c1)c1cccc(F)c1Cl.